The summed E-state index contributed by atoms with van der Waals surface area (Å²) in [6.45, 7) is 1.93. The molecular weight excluding hydrogens is 439 g/mol. The molecular formula is C21H18F3N7O2. The molecule has 0 bridgehead atoms. The van der Waals surface area contributed by atoms with E-state index in [9.17, 15) is 18.0 Å². The van der Waals surface area contributed by atoms with Crippen LogP contribution < -0.4 is 15.4 Å². The van der Waals surface area contributed by atoms with Crippen LogP contribution in [0.5, 0.6) is 5.88 Å². The van der Waals surface area contributed by atoms with E-state index in [2.05, 4.69) is 35.4 Å². The van der Waals surface area contributed by atoms with Gasteiger partial charge in [0, 0.05) is 25.0 Å². The summed E-state index contributed by atoms with van der Waals surface area (Å²) in [4.78, 5) is 24.8. The minimum absolute atomic E-state index is 0.0841. The topological polar surface area (TPSA) is 107 Å². The summed E-state index contributed by atoms with van der Waals surface area (Å²) in [5.74, 6) is -0.597. The van der Waals surface area contributed by atoms with E-state index in [-0.39, 0.29) is 11.6 Å². The van der Waals surface area contributed by atoms with Gasteiger partial charge < -0.3 is 15.4 Å². The second-order valence-corrected chi connectivity index (χ2v) is 7.11. The molecule has 3 aromatic heterocycles. The monoisotopic (exact) mass is 457 g/mol. The molecule has 0 aliphatic carbocycles. The van der Waals surface area contributed by atoms with E-state index >= 15 is 0 Å². The highest BCUT2D eigenvalue weighted by Crippen LogP contribution is 2.23. The molecule has 1 amide bonds. The van der Waals surface area contributed by atoms with Crippen LogP contribution in [0, 0.1) is 0 Å². The lowest BCUT2D eigenvalue weighted by Gasteiger charge is -2.16. The van der Waals surface area contributed by atoms with Crippen LogP contribution in [0.2, 0.25) is 0 Å². The number of rotatable bonds is 6. The summed E-state index contributed by atoms with van der Waals surface area (Å²) in [7, 11) is 1.78. The number of carbonyl (C=O) groups excluding carboxylic acids is 1. The van der Waals surface area contributed by atoms with Crippen LogP contribution in [0.3, 0.4) is 0 Å². The van der Waals surface area contributed by atoms with E-state index in [0.29, 0.717) is 22.7 Å². The van der Waals surface area contributed by atoms with Crippen molar-refractivity contribution in [2.45, 2.75) is 19.3 Å². The van der Waals surface area contributed by atoms with Crippen LogP contribution in [0.15, 0.2) is 55.0 Å². The number of pyridine rings is 1. The number of benzene rings is 1. The van der Waals surface area contributed by atoms with Gasteiger partial charge in [-0.2, -0.15) is 5.10 Å². The Labute approximate surface area is 185 Å². The van der Waals surface area contributed by atoms with Gasteiger partial charge in [-0.15, -0.1) is 13.2 Å². The van der Waals surface area contributed by atoms with Gasteiger partial charge in [-0.1, -0.05) is 12.1 Å². The van der Waals surface area contributed by atoms with E-state index in [1.165, 1.54) is 6.07 Å². The molecule has 0 saturated heterocycles. The van der Waals surface area contributed by atoms with Gasteiger partial charge in [0.25, 0.3) is 5.91 Å². The first-order valence-electron chi connectivity index (χ1n) is 9.72. The molecule has 170 valence electrons. The smallest absolute Gasteiger partial charge is 0.388 e. The van der Waals surface area contributed by atoms with E-state index in [0.717, 1.165) is 17.8 Å². The van der Waals surface area contributed by atoms with Gasteiger partial charge in [-0.3, -0.25) is 4.79 Å². The van der Waals surface area contributed by atoms with Crippen molar-refractivity contribution < 1.29 is 22.7 Å². The quantitative estimate of drug-likeness (QED) is 0.449. The lowest BCUT2D eigenvalue weighted by atomic mass is 10.1. The Kier molecular flexibility index (Phi) is 5.82. The molecule has 2 N–H and O–H groups in total. The molecule has 0 aliphatic heterocycles. The summed E-state index contributed by atoms with van der Waals surface area (Å²) in [6.07, 6.45) is -0.589. The van der Waals surface area contributed by atoms with Crippen molar-refractivity contribution in [3.8, 4) is 5.88 Å². The Morgan fingerprint density at radius 1 is 1.12 bits per heavy atom. The van der Waals surface area contributed by atoms with Crippen LogP contribution in [-0.4, -0.2) is 37.0 Å². The van der Waals surface area contributed by atoms with Crippen molar-refractivity contribution >= 4 is 28.6 Å². The number of carbonyl (C=O) groups is 1. The highest BCUT2D eigenvalue weighted by atomic mass is 19.4. The van der Waals surface area contributed by atoms with Gasteiger partial charge >= 0.3 is 6.36 Å². The van der Waals surface area contributed by atoms with E-state index in [1.807, 2.05) is 13.0 Å². The number of anilines is 2. The Bertz CT molecular complexity index is 1290. The van der Waals surface area contributed by atoms with Crippen LogP contribution in [0.25, 0.3) is 11.2 Å². The molecule has 9 nitrogen and oxygen atoms in total. The molecule has 4 aromatic rings. The average Bonchev–Trinajstić information content (AvgIpc) is 3.13. The van der Waals surface area contributed by atoms with Crippen molar-refractivity contribution in [3.63, 3.8) is 0 Å². The van der Waals surface area contributed by atoms with E-state index in [4.69, 9.17) is 0 Å². The maximum Gasteiger partial charge on any atom is 0.574 e. The van der Waals surface area contributed by atoms with E-state index in [1.54, 1.807) is 42.3 Å². The van der Waals surface area contributed by atoms with Gasteiger partial charge in [0.15, 0.2) is 5.65 Å². The van der Waals surface area contributed by atoms with Gasteiger partial charge in [-0.05, 0) is 30.7 Å². The summed E-state index contributed by atoms with van der Waals surface area (Å²) in [6, 6.07) is 9.15. The molecule has 3 heterocycles. The van der Waals surface area contributed by atoms with Crippen molar-refractivity contribution in [1.82, 2.24) is 24.7 Å². The second-order valence-electron chi connectivity index (χ2n) is 7.11. The van der Waals surface area contributed by atoms with Crippen molar-refractivity contribution in [1.29, 1.82) is 0 Å². The van der Waals surface area contributed by atoms with Crippen molar-refractivity contribution in [2.75, 3.05) is 10.6 Å². The lowest BCUT2D eigenvalue weighted by Crippen LogP contribution is -2.18. The summed E-state index contributed by atoms with van der Waals surface area (Å²) in [5, 5.41) is 10.1. The zero-order valence-corrected chi connectivity index (χ0v) is 17.5. The van der Waals surface area contributed by atoms with Gasteiger partial charge in [0.1, 0.15) is 11.3 Å². The Morgan fingerprint density at radius 2 is 1.94 bits per heavy atom. The third kappa shape index (κ3) is 5.34. The minimum atomic E-state index is -4.85. The predicted molar refractivity (Wildman–Crippen MR) is 114 cm³/mol. The van der Waals surface area contributed by atoms with Gasteiger partial charge in [-0.25, -0.2) is 19.6 Å². The largest absolute Gasteiger partial charge is 0.574 e. The average molecular weight is 457 g/mol. The highest BCUT2D eigenvalue weighted by molar-refractivity contribution is 6.04. The SMILES string of the molecule is C[C@H](Nc1cnc2cnn(C)c2n1)c1cccc(NC(=O)c2ccc(OC(F)(F)F)nc2)c1. The highest BCUT2D eigenvalue weighted by Gasteiger charge is 2.31. The number of aryl methyl sites for hydroxylation is 1. The molecule has 33 heavy (non-hydrogen) atoms. The van der Waals surface area contributed by atoms with Gasteiger partial charge in [0.05, 0.1) is 24.0 Å². The molecule has 0 unspecified atom stereocenters. The Hall–Kier alpha value is -4.22. The first-order chi connectivity index (χ1) is 15.7. The third-order valence-electron chi connectivity index (χ3n) is 4.67. The number of hydrogen-bond donors (Lipinski definition) is 2. The van der Waals surface area contributed by atoms with Gasteiger partial charge in [0.2, 0.25) is 5.88 Å². The van der Waals surface area contributed by atoms with Crippen LogP contribution in [-0.2, 0) is 7.05 Å². The zero-order chi connectivity index (χ0) is 23.6. The molecule has 0 spiro atoms. The van der Waals surface area contributed by atoms with E-state index < -0.39 is 18.1 Å². The predicted octanol–water partition coefficient (Wildman–Crippen LogP) is 4.08. The number of amides is 1. The van der Waals surface area contributed by atoms with Crippen molar-refractivity contribution in [2.24, 2.45) is 7.05 Å². The molecule has 0 fully saturated rings. The Morgan fingerprint density at radius 3 is 2.67 bits per heavy atom. The summed E-state index contributed by atoms with van der Waals surface area (Å²) < 4.78 is 42.1. The lowest BCUT2D eigenvalue weighted by molar-refractivity contribution is -0.276. The number of nitrogens with zero attached hydrogens (tertiary/aromatic N) is 5. The standard InChI is InChI=1S/C21H18F3N7O2/c1-12(28-17-11-25-16-10-27-31(2)19(16)30-17)13-4-3-5-15(8-13)29-20(32)14-6-7-18(26-9-14)33-21(22,23)24/h3-12H,1-2H3,(H,28,30)(H,29,32)/t12-/m0/s1. The number of nitrogens with one attached hydrogen (secondary N) is 2. The molecule has 12 heteroatoms. The molecule has 1 aromatic carbocycles. The summed E-state index contributed by atoms with van der Waals surface area (Å²) in [5.41, 5.74) is 2.80. The Balaban J connectivity index is 1.43. The van der Waals surface area contributed by atoms with Crippen LogP contribution in [0.1, 0.15) is 28.9 Å². The zero-order valence-electron chi connectivity index (χ0n) is 17.5. The maximum atomic E-state index is 12.5. The number of halogens is 3. The molecule has 4 rings (SSSR count). The van der Waals surface area contributed by atoms with Crippen LogP contribution in [0.4, 0.5) is 24.7 Å². The summed E-state index contributed by atoms with van der Waals surface area (Å²) >= 11 is 0. The van der Waals surface area contributed by atoms with Crippen molar-refractivity contribution in [3.05, 3.63) is 66.1 Å². The minimum Gasteiger partial charge on any atom is -0.388 e. The third-order valence-corrected chi connectivity index (χ3v) is 4.67. The first-order valence-corrected chi connectivity index (χ1v) is 9.72. The number of hydrogen-bond acceptors (Lipinski definition) is 7. The number of ether oxygens (including phenoxy) is 1. The van der Waals surface area contributed by atoms with Crippen LogP contribution >= 0.6 is 0 Å². The fourth-order valence-electron chi connectivity index (χ4n) is 3.07. The molecule has 0 aliphatic rings. The molecule has 0 saturated carbocycles. The molecule has 1 atom stereocenters. The fourth-order valence-corrected chi connectivity index (χ4v) is 3.07. The normalized spacial score (nSPS) is 12.4. The maximum absolute atomic E-state index is 12.5. The first kappa shape index (κ1) is 22.0. The second kappa shape index (κ2) is 8.73. The number of aromatic nitrogens is 5. The number of alkyl halides is 3. The fraction of sp³-hybridized carbons (Fsp3) is 0.190. The molecule has 0 radical (unpaired) electrons. The number of fused-ring (bicyclic) bond motifs is 1.